The molecule has 0 saturated carbocycles. The number of anilines is 1. The maximum Gasteiger partial charge on any atom is 0.270 e. The highest BCUT2D eigenvalue weighted by molar-refractivity contribution is 7.93. The van der Waals surface area contributed by atoms with Gasteiger partial charge in [-0.1, -0.05) is 47.5 Å². The molecule has 0 atom stereocenters. The van der Waals surface area contributed by atoms with Crippen LogP contribution in [0.2, 0.25) is 0 Å². The third kappa shape index (κ3) is 5.63. The molecule has 3 aromatic rings. The van der Waals surface area contributed by atoms with Crippen molar-refractivity contribution in [2.75, 3.05) is 10.9 Å². The molecule has 174 valence electrons. The topological polar surface area (TPSA) is 63.7 Å². The van der Waals surface area contributed by atoms with Crippen molar-refractivity contribution in [3.8, 4) is 5.75 Å². The summed E-state index contributed by atoms with van der Waals surface area (Å²) >= 11 is 0. The number of amides is 1. The van der Waals surface area contributed by atoms with E-state index >= 15 is 0 Å². The Kier molecular flexibility index (Phi) is 7.59. The average Bonchev–Trinajstić information content (AvgIpc) is 2.76. The Bertz CT molecular complexity index is 1250. The molecule has 3 aromatic carbocycles. The fourth-order valence-electron chi connectivity index (χ4n) is 3.64. The number of carbonyl (C=O) groups is 1. The third-order valence-corrected chi connectivity index (χ3v) is 7.45. The fourth-order valence-corrected chi connectivity index (χ4v) is 5.14. The molecule has 0 aliphatic carbocycles. The van der Waals surface area contributed by atoms with Gasteiger partial charge in [0.15, 0.2) is 0 Å². The summed E-state index contributed by atoms with van der Waals surface area (Å²) in [6, 6.07) is 17.8. The van der Waals surface area contributed by atoms with Crippen LogP contribution in [0.25, 0.3) is 0 Å². The summed E-state index contributed by atoms with van der Waals surface area (Å²) in [5, 5.41) is 0. The van der Waals surface area contributed by atoms with Gasteiger partial charge in [0.25, 0.3) is 10.0 Å². The van der Waals surface area contributed by atoms with Crippen molar-refractivity contribution in [2.24, 2.45) is 0 Å². The minimum atomic E-state index is -4.07. The highest BCUT2D eigenvalue weighted by atomic mass is 32.2. The van der Waals surface area contributed by atoms with E-state index in [9.17, 15) is 13.2 Å². The second-order valence-corrected chi connectivity index (χ2v) is 10.2. The van der Waals surface area contributed by atoms with E-state index in [-0.39, 0.29) is 11.3 Å². The molecule has 0 aromatic heterocycles. The van der Waals surface area contributed by atoms with Crippen LogP contribution in [0.5, 0.6) is 5.75 Å². The summed E-state index contributed by atoms with van der Waals surface area (Å²) in [5.41, 5.74) is 5.19. The SMILES string of the molecule is Cc1ccc(S(=O)(=O)N(C(=O)CCCOc2ccc(C)cc2C)c2cccc(C)c2C)cc1. The van der Waals surface area contributed by atoms with Gasteiger partial charge in [0.05, 0.1) is 17.2 Å². The van der Waals surface area contributed by atoms with Crippen molar-refractivity contribution in [1.82, 2.24) is 0 Å². The minimum absolute atomic E-state index is 0.0450. The smallest absolute Gasteiger partial charge is 0.270 e. The van der Waals surface area contributed by atoms with E-state index in [4.69, 9.17) is 4.74 Å². The number of hydrogen-bond acceptors (Lipinski definition) is 4. The van der Waals surface area contributed by atoms with Crippen LogP contribution in [-0.2, 0) is 14.8 Å². The molecular weight excluding hydrogens is 434 g/mol. The lowest BCUT2D eigenvalue weighted by atomic mass is 10.1. The first-order valence-electron chi connectivity index (χ1n) is 11.0. The van der Waals surface area contributed by atoms with E-state index in [1.807, 2.05) is 58.9 Å². The van der Waals surface area contributed by atoms with Gasteiger partial charge < -0.3 is 4.74 Å². The van der Waals surface area contributed by atoms with Gasteiger partial charge in [-0.05, 0) is 82.0 Å². The molecule has 0 unspecified atom stereocenters. The molecule has 0 aliphatic heterocycles. The summed E-state index contributed by atoms with van der Waals surface area (Å²) < 4.78 is 33.9. The van der Waals surface area contributed by atoms with Crippen LogP contribution in [0.15, 0.2) is 65.6 Å². The predicted molar refractivity (Wildman–Crippen MR) is 132 cm³/mol. The van der Waals surface area contributed by atoms with Gasteiger partial charge >= 0.3 is 0 Å². The highest BCUT2D eigenvalue weighted by Crippen LogP contribution is 2.30. The van der Waals surface area contributed by atoms with Gasteiger partial charge in [-0.3, -0.25) is 4.79 Å². The van der Waals surface area contributed by atoms with E-state index in [1.54, 1.807) is 36.4 Å². The van der Waals surface area contributed by atoms with Crippen LogP contribution in [-0.4, -0.2) is 20.9 Å². The van der Waals surface area contributed by atoms with Crippen molar-refractivity contribution in [1.29, 1.82) is 0 Å². The molecule has 6 heteroatoms. The number of benzene rings is 3. The van der Waals surface area contributed by atoms with Gasteiger partial charge in [-0.2, -0.15) is 0 Å². The summed E-state index contributed by atoms with van der Waals surface area (Å²) in [5.74, 6) is 0.292. The Balaban J connectivity index is 1.83. The van der Waals surface area contributed by atoms with Gasteiger partial charge in [0, 0.05) is 6.42 Å². The average molecular weight is 466 g/mol. The Morgan fingerprint density at radius 2 is 1.52 bits per heavy atom. The maximum atomic E-state index is 13.6. The number of aryl methyl sites for hydroxylation is 4. The molecule has 0 radical (unpaired) electrons. The number of hydrogen-bond donors (Lipinski definition) is 0. The van der Waals surface area contributed by atoms with Gasteiger partial charge in [0.2, 0.25) is 5.91 Å². The van der Waals surface area contributed by atoms with E-state index < -0.39 is 15.9 Å². The molecule has 0 heterocycles. The second-order valence-electron chi connectivity index (χ2n) is 8.42. The fraction of sp³-hybridized carbons (Fsp3) is 0.296. The number of nitrogens with zero attached hydrogens (tertiary/aromatic N) is 1. The normalized spacial score (nSPS) is 11.3. The molecule has 0 N–H and O–H groups in total. The standard InChI is InChI=1S/C27H31NO4S/c1-19-11-14-24(15-12-19)33(30,31)28(25-9-6-8-21(3)23(25)5)27(29)10-7-17-32-26-16-13-20(2)18-22(26)4/h6,8-9,11-16,18H,7,10,17H2,1-5H3. The Morgan fingerprint density at radius 3 is 2.18 bits per heavy atom. The molecule has 0 fully saturated rings. The highest BCUT2D eigenvalue weighted by Gasteiger charge is 2.31. The predicted octanol–water partition coefficient (Wildman–Crippen LogP) is 5.81. The Labute approximate surface area is 197 Å². The molecule has 0 bridgehead atoms. The van der Waals surface area contributed by atoms with Crippen LogP contribution < -0.4 is 9.04 Å². The summed E-state index contributed by atoms with van der Waals surface area (Å²) in [6.07, 6.45) is 0.445. The van der Waals surface area contributed by atoms with Crippen LogP contribution in [0.4, 0.5) is 5.69 Å². The van der Waals surface area contributed by atoms with Crippen LogP contribution in [0.1, 0.15) is 40.7 Å². The molecule has 33 heavy (non-hydrogen) atoms. The lowest BCUT2D eigenvalue weighted by Crippen LogP contribution is -2.37. The van der Waals surface area contributed by atoms with E-state index in [1.165, 1.54) is 0 Å². The molecule has 0 saturated heterocycles. The molecule has 0 spiro atoms. The first-order chi connectivity index (χ1) is 15.6. The first kappa shape index (κ1) is 24.5. The summed E-state index contributed by atoms with van der Waals surface area (Å²) in [7, 11) is -4.07. The van der Waals surface area contributed by atoms with Crippen molar-refractivity contribution < 1.29 is 17.9 Å². The molecule has 3 rings (SSSR count). The number of sulfonamides is 1. The van der Waals surface area contributed by atoms with Gasteiger partial charge in [-0.25, -0.2) is 12.7 Å². The first-order valence-corrected chi connectivity index (χ1v) is 12.5. The van der Waals surface area contributed by atoms with Gasteiger partial charge in [-0.15, -0.1) is 0 Å². The minimum Gasteiger partial charge on any atom is -0.493 e. The zero-order valence-corrected chi connectivity index (χ0v) is 20.7. The molecule has 0 aliphatic rings. The largest absolute Gasteiger partial charge is 0.493 e. The number of rotatable bonds is 8. The third-order valence-electron chi connectivity index (χ3n) is 5.70. The van der Waals surface area contributed by atoms with Gasteiger partial charge in [0.1, 0.15) is 5.75 Å². The zero-order valence-electron chi connectivity index (χ0n) is 19.9. The monoisotopic (exact) mass is 465 g/mol. The lowest BCUT2D eigenvalue weighted by Gasteiger charge is -2.25. The zero-order chi connectivity index (χ0) is 24.2. The van der Waals surface area contributed by atoms with E-state index in [0.717, 1.165) is 37.9 Å². The van der Waals surface area contributed by atoms with Crippen molar-refractivity contribution in [3.63, 3.8) is 0 Å². The second kappa shape index (κ2) is 10.2. The van der Waals surface area contributed by atoms with E-state index in [0.29, 0.717) is 18.7 Å². The Hall–Kier alpha value is -3.12. The Morgan fingerprint density at radius 1 is 0.848 bits per heavy atom. The number of carbonyl (C=O) groups excluding carboxylic acids is 1. The molecule has 5 nitrogen and oxygen atoms in total. The van der Waals surface area contributed by atoms with Crippen molar-refractivity contribution >= 4 is 21.6 Å². The maximum absolute atomic E-state index is 13.6. The van der Waals surface area contributed by atoms with E-state index in [2.05, 4.69) is 0 Å². The summed E-state index contributed by atoms with van der Waals surface area (Å²) in [6.45, 7) is 9.94. The van der Waals surface area contributed by atoms with Crippen LogP contribution in [0, 0.1) is 34.6 Å². The van der Waals surface area contributed by atoms with Crippen LogP contribution in [0.3, 0.4) is 0 Å². The molecular formula is C27H31NO4S. The summed E-state index contributed by atoms with van der Waals surface area (Å²) in [4.78, 5) is 13.4. The quantitative estimate of drug-likeness (QED) is 0.394. The lowest BCUT2D eigenvalue weighted by molar-refractivity contribution is -0.117. The number of ether oxygens (including phenoxy) is 1. The molecule has 1 amide bonds. The van der Waals surface area contributed by atoms with Crippen molar-refractivity contribution in [2.45, 2.75) is 52.4 Å². The van der Waals surface area contributed by atoms with Crippen LogP contribution >= 0.6 is 0 Å². The van der Waals surface area contributed by atoms with Crippen molar-refractivity contribution in [3.05, 3.63) is 88.5 Å².